The maximum atomic E-state index is 14.2. The number of ether oxygens (including phenoxy) is 3. The molecule has 208 valence electrons. The summed E-state index contributed by atoms with van der Waals surface area (Å²) in [6.45, 7) is 4.41. The molecule has 2 saturated heterocycles. The minimum absolute atomic E-state index is 0.000842. The van der Waals surface area contributed by atoms with Crippen LogP contribution in [0.5, 0.6) is 5.75 Å². The van der Waals surface area contributed by atoms with Crippen LogP contribution in [0.2, 0.25) is 0 Å². The Morgan fingerprint density at radius 3 is 2.21 bits per heavy atom. The molecule has 2 aliphatic rings. The van der Waals surface area contributed by atoms with Crippen LogP contribution in [-0.2, 0) is 19.1 Å². The van der Waals surface area contributed by atoms with Crippen LogP contribution in [-0.4, -0.2) is 107 Å². The molecule has 1 aromatic carbocycles. The normalized spacial score (nSPS) is 16.2. The quantitative estimate of drug-likeness (QED) is 0.397. The van der Waals surface area contributed by atoms with E-state index in [1.165, 1.54) is 18.6 Å². The smallest absolute Gasteiger partial charge is 0.303 e. The molecule has 0 bridgehead atoms. The Morgan fingerprint density at radius 1 is 0.949 bits per heavy atom. The standard InChI is InChI=1S/C24H28F2N8O5/c1-15(35)39-14-18(36)31-6-8-32(9-7-31)22-28-23(33-10-12-38-13-11-33)30-24(29-22)34-16-4-3-5-17(37-2)19(16)27-21(34)20(25)26/h3-5,20H,6-14H2,1-2H3. The number of piperazine rings is 1. The Morgan fingerprint density at radius 2 is 1.59 bits per heavy atom. The molecule has 0 spiro atoms. The molecule has 13 nitrogen and oxygen atoms in total. The molecule has 0 N–H and O–H groups in total. The summed E-state index contributed by atoms with van der Waals surface area (Å²) in [5.41, 5.74) is 0.640. The van der Waals surface area contributed by atoms with Crippen LogP contribution in [0.4, 0.5) is 20.7 Å². The fraction of sp³-hybridized carbons (Fsp3) is 0.500. The third-order valence-corrected chi connectivity index (χ3v) is 6.50. The van der Waals surface area contributed by atoms with Crippen LogP contribution in [0.15, 0.2) is 18.2 Å². The maximum Gasteiger partial charge on any atom is 0.303 e. The van der Waals surface area contributed by atoms with E-state index in [1.807, 2.05) is 9.80 Å². The van der Waals surface area contributed by atoms with Gasteiger partial charge in [0.25, 0.3) is 12.3 Å². The molecule has 39 heavy (non-hydrogen) atoms. The Labute approximate surface area is 222 Å². The van der Waals surface area contributed by atoms with E-state index < -0.39 is 18.2 Å². The molecule has 0 unspecified atom stereocenters. The maximum absolute atomic E-state index is 14.2. The number of aromatic nitrogens is 5. The molecular weight excluding hydrogens is 518 g/mol. The highest BCUT2D eigenvalue weighted by Gasteiger charge is 2.28. The van der Waals surface area contributed by atoms with E-state index in [-0.39, 0.29) is 24.0 Å². The average Bonchev–Trinajstić information content (AvgIpc) is 3.36. The molecule has 0 aliphatic carbocycles. The lowest BCUT2D eigenvalue weighted by molar-refractivity contribution is -0.150. The highest BCUT2D eigenvalue weighted by Crippen LogP contribution is 2.32. The second-order valence-electron chi connectivity index (χ2n) is 8.92. The predicted octanol–water partition coefficient (Wildman–Crippen LogP) is 1.20. The summed E-state index contributed by atoms with van der Waals surface area (Å²) in [5.74, 6) is -0.360. The molecule has 0 saturated carbocycles. The monoisotopic (exact) mass is 546 g/mol. The Balaban J connectivity index is 1.52. The van der Waals surface area contributed by atoms with E-state index >= 15 is 0 Å². The van der Waals surface area contributed by atoms with Crippen LogP contribution < -0.4 is 14.5 Å². The number of alkyl halides is 2. The average molecular weight is 547 g/mol. The first-order chi connectivity index (χ1) is 18.9. The topological polar surface area (TPSA) is 128 Å². The van der Waals surface area contributed by atoms with Crippen molar-refractivity contribution in [2.75, 3.05) is 76.0 Å². The van der Waals surface area contributed by atoms with Gasteiger partial charge in [-0.2, -0.15) is 15.0 Å². The number of benzene rings is 1. The number of amides is 1. The van der Waals surface area contributed by atoms with Crippen molar-refractivity contribution in [3.8, 4) is 11.7 Å². The number of hydrogen-bond donors (Lipinski definition) is 0. The third-order valence-electron chi connectivity index (χ3n) is 6.50. The van der Waals surface area contributed by atoms with Crippen molar-refractivity contribution in [3.63, 3.8) is 0 Å². The molecule has 2 aromatic heterocycles. The molecule has 4 heterocycles. The molecule has 2 fully saturated rings. The lowest BCUT2D eigenvalue weighted by Gasteiger charge is -2.35. The van der Waals surface area contributed by atoms with Crippen LogP contribution in [0, 0.1) is 0 Å². The number of imidazole rings is 1. The van der Waals surface area contributed by atoms with Gasteiger partial charge in [0.05, 0.1) is 25.8 Å². The van der Waals surface area contributed by atoms with Gasteiger partial charge in [-0.15, -0.1) is 0 Å². The molecule has 0 atom stereocenters. The van der Waals surface area contributed by atoms with E-state index in [0.717, 1.165) is 0 Å². The number of methoxy groups -OCH3 is 1. The van der Waals surface area contributed by atoms with Gasteiger partial charge in [-0.1, -0.05) is 6.07 Å². The summed E-state index contributed by atoms with van der Waals surface area (Å²) < 4.78 is 45.3. The number of para-hydroxylation sites is 1. The van der Waals surface area contributed by atoms with Crippen molar-refractivity contribution in [1.82, 2.24) is 29.4 Å². The zero-order valence-electron chi connectivity index (χ0n) is 21.5. The second kappa shape index (κ2) is 11.3. The van der Waals surface area contributed by atoms with Crippen LogP contribution in [0.25, 0.3) is 17.0 Å². The molecule has 5 rings (SSSR count). The number of hydrogen-bond acceptors (Lipinski definition) is 11. The van der Waals surface area contributed by atoms with Gasteiger partial charge in [0.1, 0.15) is 11.3 Å². The van der Waals surface area contributed by atoms with E-state index in [2.05, 4.69) is 19.9 Å². The van der Waals surface area contributed by atoms with Crippen molar-refractivity contribution in [3.05, 3.63) is 24.0 Å². The fourth-order valence-electron chi connectivity index (χ4n) is 4.51. The van der Waals surface area contributed by atoms with Crippen LogP contribution >= 0.6 is 0 Å². The molecule has 1 amide bonds. The summed E-state index contributed by atoms with van der Waals surface area (Å²) >= 11 is 0. The summed E-state index contributed by atoms with van der Waals surface area (Å²) in [4.78, 5) is 46.8. The second-order valence-corrected chi connectivity index (χ2v) is 8.92. The number of anilines is 2. The molecule has 3 aromatic rings. The summed E-state index contributed by atoms with van der Waals surface area (Å²) in [6.07, 6.45) is -2.90. The highest BCUT2D eigenvalue weighted by atomic mass is 19.3. The van der Waals surface area contributed by atoms with Gasteiger partial charge < -0.3 is 28.9 Å². The third kappa shape index (κ3) is 5.53. The largest absolute Gasteiger partial charge is 0.494 e. The Kier molecular flexibility index (Phi) is 7.67. The number of esters is 1. The van der Waals surface area contributed by atoms with Crippen LogP contribution in [0.3, 0.4) is 0 Å². The van der Waals surface area contributed by atoms with Gasteiger partial charge in [0.2, 0.25) is 17.8 Å². The van der Waals surface area contributed by atoms with E-state index in [4.69, 9.17) is 14.2 Å². The lowest BCUT2D eigenvalue weighted by Crippen LogP contribution is -2.50. The van der Waals surface area contributed by atoms with Gasteiger partial charge in [-0.05, 0) is 12.1 Å². The van der Waals surface area contributed by atoms with Gasteiger partial charge >= 0.3 is 5.97 Å². The number of carbonyl (C=O) groups excluding carboxylic acids is 2. The summed E-state index contributed by atoms with van der Waals surface area (Å²) in [5, 5.41) is 0. The molecule has 15 heteroatoms. The first-order valence-corrected chi connectivity index (χ1v) is 12.4. The minimum atomic E-state index is -2.90. The van der Waals surface area contributed by atoms with E-state index in [9.17, 15) is 18.4 Å². The summed E-state index contributed by atoms with van der Waals surface area (Å²) in [7, 11) is 1.45. The number of fused-ring (bicyclic) bond motifs is 1. The van der Waals surface area contributed by atoms with Crippen molar-refractivity contribution in [1.29, 1.82) is 0 Å². The first-order valence-electron chi connectivity index (χ1n) is 12.4. The Hall–Kier alpha value is -4.14. The van der Waals surface area contributed by atoms with Gasteiger partial charge in [-0.25, -0.2) is 13.8 Å². The number of morpholine rings is 1. The Bertz CT molecular complexity index is 1360. The highest BCUT2D eigenvalue weighted by molar-refractivity contribution is 5.84. The van der Waals surface area contributed by atoms with E-state index in [0.29, 0.717) is 75.6 Å². The van der Waals surface area contributed by atoms with E-state index in [1.54, 1.807) is 23.1 Å². The lowest BCUT2D eigenvalue weighted by atomic mass is 10.3. The van der Waals surface area contributed by atoms with Gasteiger partial charge in [0.15, 0.2) is 12.4 Å². The van der Waals surface area contributed by atoms with Crippen molar-refractivity contribution in [2.45, 2.75) is 13.3 Å². The van der Waals surface area contributed by atoms with Crippen molar-refractivity contribution < 1.29 is 32.6 Å². The fourth-order valence-corrected chi connectivity index (χ4v) is 4.51. The van der Waals surface area contributed by atoms with Gasteiger partial charge in [0, 0.05) is 46.2 Å². The predicted molar refractivity (Wildman–Crippen MR) is 134 cm³/mol. The molecule has 2 aliphatic heterocycles. The number of carbonyl (C=O) groups is 2. The number of rotatable bonds is 7. The zero-order valence-corrected chi connectivity index (χ0v) is 21.5. The molecule has 0 radical (unpaired) electrons. The SMILES string of the molecule is COc1cccc2c1nc(C(F)F)n2-c1nc(N2CCOCC2)nc(N2CCN(C(=O)COC(C)=O)CC2)n1. The zero-order chi connectivity index (χ0) is 27.5. The van der Waals surface area contributed by atoms with Crippen molar-refractivity contribution >= 4 is 34.8 Å². The van der Waals surface area contributed by atoms with Gasteiger partial charge in [-0.3, -0.25) is 14.2 Å². The minimum Gasteiger partial charge on any atom is -0.494 e. The summed E-state index contributed by atoms with van der Waals surface area (Å²) in [6, 6.07) is 4.99. The first kappa shape index (κ1) is 26.5. The number of nitrogens with zero attached hydrogens (tertiary/aromatic N) is 8. The van der Waals surface area contributed by atoms with Crippen molar-refractivity contribution in [2.24, 2.45) is 0 Å². The number of halogens is 2. The van der Waals surface area contributed by atoms with Crippen LogP contribution in [0.1, 0.15) is 19.2 Å². The molecular formula is C24H28F2N8O5.